The van der Waals surface area contributed by atoms with E-state index in [1.54, 1.807) is 0 Å². The minimum atomic E-state index is 0.528. The van der Waals surface area contributed by atoms with Crippen molar-refractivity contribution in [1.29, 1.82) is 0 Å². The van der Waals surface area contributed by atoms with Crippen LogP contribution in [-0.4, -0.2) is 32.9 Å². The van der Waals surface area contributed by atoms with Gasteiger partial charge in [-0.05, 0) is 30.0 Å². The minimum absolute atomic E-state index is 0.528. The molecule has 0 bridgehead atoms. The van der Waals surface area contributed by atoms with Crippen molar-refractivity contribution in [2.75, 3.05) is 32.9 Å². The molecule has 1 aromatic carbocycles. The smallest absolute Gasteiger partial charge is 0.122 e. The molecule has 3 heteroatoms. The molecule has 0 fully saturated rings. The van der Waals surface area contributed by atoms with Crippen LogP contribution >= 0.6 is 0 Å². The molecule has 0 amide bonds. The Morgan fingerprint density at radius 3 is 2.80 bits per heavy atom. The highest BCUT2D eigenvalue weighted by Crippen LogP contribution is 2.28. The molecule has 1 aromatic rings. The minimum Gasteiger partial charge on any atom is -0.491 e. The van der Waals surface area contributed by atoms with Crippen LogP contribution in [0.4, 0.5) is 0 Å². The summed E-state index contributed by atoms with van der Waals surface area (Å²) in [7, 11) is 0. The van der Waals surface area contributed by atoms with Crippen molar-refractivity contribution in [3.05, 3.63) is 42.5 Å². The molecule has 2 N–H and O–H groups in total. The van der Waals surface area contributed by atoms with E-state index in [0.717, 1.165) is 31.9 Å². The van der Waals surface area contributed by atoms with Crippen molar-refractivity contribution in [3.8, 4) is 5.75 Å². The van der Waals surface area contributed by atoms with Crippen molar-refractivity contribution in [2.24, 2.45) is 0 Å². The number of rotatable bonds is 11. The van der Waals surface area contributed by atoms with E-state index >= 15 is 0 Å². The molecule has 1 atom stereocenters. The Balaban J connectivity index is 2.23. The second-order valence-electron chi connectivity index (χ2n) is 4.91. The number of nitrogens with two attached hydrogens (primary N) is 1. The van der Waals surface area contributed by atoms with Crippen LogP contribution in [0.2, 0.25) is 0 Å². The Labute approximate surface area is 123 Å². The molecule has 0 saturated heterocycles. The number of ether oxygens (including phenoxy) is 2. The number of para-hydroxylation sites is 1. The summed E-state index contributed by atoms with van der Waals surface area (Å²) in [6.45, 7) is 12.0. The van der Waals surface area contributed by atoms with E-state index < -0.39 is 0 Å². The molecule has 3 nitrogen and oxygen atoms in total. The fourth-order valence-corrected chi connectivity index (χ4v) is 1.95. The molecule has 1 rings (SSSR count). The van der Waals surface area contributed by atoms with Crippen LogP contribution in [0.5, 0.6) is 5.75 Å². The summed E-state index contributed by atoms with van der Waals surface area (Å²) in [5.41, 5.74) is 1.29. The lowest BCUT2D eigenvalue weighted by molar-refractivity contribution is -0.647. The summed E-state index contributed by atoms with van der Waals surface area (Å²) in [5, 5.41) is 2.17. The predicted octanol–water partition coefficient (Wildman–Crippen LogP) is 2.34. The number of quaternary nitrogens is 1. The molecule has 0 aliphatic carbocycles. The summed E-state index contributed by atoms with van der Waals surface area (Å²) in [4.78, 5) is 0. The monoisotopic (exact) mass is 278 g/mol. The number of hydrogen-bond acceptors (Lipinski definition) is 2. The Morgan fingerprint density at radius 2 is 2.05 bits per heavy atom. The topological polar surface area (TPSA) is 35.1 Å². The summed E-state index contributed by atoms with van der Waals surface area (Å²) < 4.78 is 11.4. The average Bonchev–Trinajstić information content (AvgIpc) is 2.49. The third kappa shape index (κ3) is 6.22. The first-order valence-corrected chi connectivity index (χ1v) is 7.51. The maximum absolute atomic E-state index is 5.84. The van der Waals surface area contributed by atoms with Crippen LogP contribution in [0, 0.1) is 0 Å². The molecule has 0 radical (unpaired) electrons. The third-order valence-electron chi connectivity index (χ3n) is 3.35. The second-order valence-corrected chi connectivity index (χ2v) is 4.91. The van der Waals surface area contributed by atoms with E-state index in [9.17, 15) is 0 Å². The van der Waals surface area contributed by atoms with Gasteiger partial charge < -0.3 is 14.8 Å². The first-order valence-electron chi connectivity index (χ1n) is 7.51. The lowest BCUT2D eigenvalue weighted by atomic mass is 9.98. The third-order valence-corrected chi connectivity index (χ3v) is 3.35. The van der Waals surface area contributed by atoms with Crippen LogP contribution in [0.3, 0.4) is 0 Å². The Hall–Kier alpha value is -1.32. The molecule has 0 aromatic heterocycles. The maximum atomic E-state index is 5.84. The fraction of sp³-hybridized carbons (Fsp3) is 0.529. The van der Waals surface area contributed by atoms with Crippen LogP contribution in [-0.2, 0) is 4.74 Å². The summed E-state index contributed by atoms with van der Waals surface area (Å²) >= 11 is 0. The van der Waals surface area contributed by atoms with E-state index in [1.807, 2.05) is 18.2 Å². The standard InChI is InChI=1S/C17H27NO2/c1-4-10-18-11-12-19-13-14-20-17-9-7-6-8-16(17)15(3)5-2/h4,6-9,15,18H,1,5,10-14H2,2-3H3/p+1/t15-/m0/s1. The van der Waals surface area contributed by atoms with Gasteiger partial charge in [-0.2, -0.15) is 0 Å². The summed E-state index contributed by atoms with van der Waals surface area (Å²) in [5.74, 6) is 1.52. The van der Waals surface area contributed by atoms with E-state index in [0.29, 0.717) is 19.1 Å². The van der Waals surface area contributed by atoms with Gasteiger partial charge in [-0.15, -0.1) is 0 Å². The highest BCUT2D eigenvalue weighted by atomic mass is 16.5. The van der Waals surface area contributed by atoms with Gasteiger partial charge in [0.1, 0.15) is 12.4 Å². The first kappa shape index (κ1) is 16.7. The molecule has 0 saturated carbocycles. The largest absolute Gasteiger partial charge is 0.491 e. The van der Waals surface area contributed by atoms with Crippen LogP contribution < -0.4 is 10.1 Å². The van der Waals surface area contributed by atoms with Crippen LogP contribution in [0.15, 0.2) is 36.9 Å². The van der Waals surface area contributed by atoms with Gasteiger partial charge in [0.25, 0.3) is 0 Å². The summed E-state index contributed by atoms with van der Waals surface area (Å²) in [6.07, 6.45) is 3.02. The van der Waals surface area contributed by atoms with Gasteiger partial charge in [0, 0.05) is 0 Å². The summed E-state index contributed by atoms with van der Waals surface area (Å²) in [6, 6.07) is 8.28. The van der Waals surface area contributed by atoms with Gasteiger partial charge in [-0.25, -0.2) is 0 Å². The van der Waals surface area contributed by atoms with Crippen molar-refractivity contribution in [1.82, 2.24) is 0 Å². The lowest BCUT2D eigenvalue weighted by Gasteiger charge is -2.15. The molecule has 0 spiro atoms. The lowest BCUT2D eigenvalue weighted by Crippen LogP contribution is -2.84. The highest BCUT2D eigenvalue weighted by molar-refractivity contribution is 5.35. The molecular weight excluding hydrogens is 250 g/mol. The van der Waals surface area contributed by atoms with Gasteiger partial charge in [0.15, 0.2) is 0 Å². The predicted molar refractivity (Wildman–Crippen MR) is 83.3 cm³/mol. The Morgan fingerprint density at radius 1 is 1.25 bits per heavy atom. The van der Waals surface area contributed by atoms with Crippen molar-refractivity contribution >= 4 is 0 Å². The SMILES string of the molecule is C=CC[NH2+]CCOCCOc1ccccc1[C@@H](C)CC. The van der Waals surface area contributed by atoms with Gasteiger partial charge in [0.05, 0.1) is 26.3 Å². The molecule has 112 valence electrons. The zero-order valence-electron chi connectivity index (χ0n) is 12.8. The van der Waals surface area contributed by atoms with Crippen molar-refractivity contribution in [3.63, 3.8) is 0 Å². The molecule has 0 aliphatic heterocycles. The quantitative estimate of drug-likeness (QED) is 0.498. The number of benzene rings is 1. The normalized spacial score (nSPS) is 12.1. The number of hydrogen-bond donors (Lipinski definition) is 1. The fourth-order valence-electron chi connectivity index (χ4n) is 1.95. The van der Waals surface area contributed by atoms with Gasteiger partial charge in [-0.1, -0.05) is 38.6 Å². The first-order chi connectivity index (χ1) is 9.79. The van der Waals surface area contributed by atoms with Gasteiger partial charge in [-0.3, -0.25) is 0 Å². The Bertz CT molecular complexity index is 379. The second kappa shape index (κ2) is 10.5. The zero-order valence-corrected chi connectivity index (χ0v) is 12.8. The van der Waals surface area contributed by atoms with Crippen molar-refractivity contribution < 1.29 is 14.8 Å². The van der Waals surface area contributed by atoms with E-state index in [2.05, 4.69) is 37.9 Å². The molecule has 0 heterocycles. The molecule has 20 heavy (non-hydrogen) atoms. The van der Waals surface area contributed by atoms with E-state index in [-0.39, 0.29) is 0 Å². The Kier molecular flexibility index (Phi) is 8.76. The van der Waals surface area contributed by atoms with E-state index in [1.165, 1.54) is 5.56 Å². The highest BCUT2D eigenvalue weighted by Gasteiger charge is 2.09. The average molecular weight is 278 g/mol. The molecular formula is C17H28NO2+. The molecule has 0 unspecified atom stereocenters. The van der Waals surface area contributed by atoms with Crippen LogP contribution in [0.1, 0.15) is 31.7 Å². The molecule has 0 aliphatic rings. The van der Waals surface area contributed by atoms with Crippen molar-refractivity contribution in [2.45, 2.75) is 26.2 Å². The van der Waals surface area contributed by atoms with Gasteiger partial charge >= 0.3 is 0 Å². The zero-order chi connectivity index (χ0) is 14.6. The van der Waals surface area contributed by atoms with Gasteiger partial charge in [0.2, 0.25) is 0 Å². The maximum Gasteiger partial charge on any atom is 0.122 e. The van der Waals surface area contributed by atoms with E-state index in [4.69, 9.17) is 9.47 Å². The van der Waals surface area contributed by atoms with Crippen LogP contribution in [0.25, 0.3) is 0 Å².